The minimum Gasteiger partial charge on any atom is -0.483 e. The maximum absolute atomic E-state index is 11.1. The van der Waals surface area contributed by atoms with E-state index in [-0.39, 0.29) is 22.4 Å². The topological polar surface area (TPSA) is 113 Å². The summed E-state index contributed by atoms with van der Waals surface area (Å²) in [5, 5.41) is 15.7. The maximum atomic E-state index is 11.1. The van der Waals surface area contributed by atoms with E-state index in [1.54, 1.807) is 0 Å². The molecule has 0 heterocycles. The lowest BCUT2D eigenvalue weighted by atomic mass is 10.3. The number of rotatable bonds is 4. The van der Waals surface area contributed by atoms with Gasteiger partial charge in [-0.3, -0.25) is 10.1 Å². The Bertz CT molecular complexity index is 565. The van der Waals surface area contributed by atoms with E-state index in [2.05, 4.69) is 0 Å². The van der Waals surface area contributed by atoms with Gasteiger partial charge in [-0.2, -0.15) is 0 Å². The van der Waals surface area contributed by atoms with Gasteiger partial charge >= 0.3 is 5.69 Å². The number of nitrogens with two attached hydrogens (primary N) is 1. The van der Waals surface area contributed by atoms with E-state index in [0.717, 1.165) is 31.0 Å². The highest BCUT2D eigenvalue weighted by atomic mass is 32.2. The van der Waals surface area contributed by atoms with Crippen molar-refractivity contribution in [2.75, 3.05) is 0 Å². The van der Waals surface area contributed by atoms with E-state index in [1.165, 1.54) is 0 Å². The zero-order valence-corrected chi connectivity index (χ0v) is 9.51. The van der Waals surface area contributed by atoms with Crippen molar-refractivity contribution in [1.82, 2.24) is 0 Å². The van der Waals surface area contributed by atoms with Gasteiger partial charge in [0, 0.05) is 12.1 Å². The Hall–Kier alpha value is -1.67. The average Bonchev–Trinajstić information content (AvgIpc) is 2.99. The van der Waals surface area contributed by atoms with Crippen molar-refractivity contribution >= 4 is 15.7 Å². The zero-order valence-electron chi connectivity index (χ0n) is 8.70. The highest BCUT2D eigenvalue weighted by Crippen LogP contribution is 2.34. The Kier molecular flexibility index (Phi) is 2.76. The molecule has 1 aromatic carbocycles. The molecule has 1 aliphatic rings. The predicted octanol–water partition coefficient (Wildman–Crippen LogP) is 0.783. The summed E-state index contributed by atoms with van der Waals surface area (Å²) in [5.74, 6) is -0.0518. The highest BCUT2D eigenvalue weighted by Gasteiger charge is 2.28. The smallest absolute Gasteiger partial charge is 0.311 e. The number of primary sulfonamides is 1. The predicted molar refractivity (Wildman–Crippen MR) is 58.1 cm³/mol. The third kappa shape index (κ3) is 2.71. The molecule has 1 fully saturated rings. The van der Waals surface area contributed by atoms with Gasteiger partial charge in [0.2, 0.25) is 10.0 Å². The first-order chi connectivity index (χ1) is 7.88. The van der Waals surface area contributed by atoms with Crippen LogP contribution in [0.3, 0.4) is 0 Å². The van der Waals surface area contributed by atoms with Gasteiger partial charge in [0.25, 0.3) is 0 Å². The Morgan fingerprint density at radius 2 is 2.06 bits per heavy atom. The van der Waals surface area contributed by atoms with Gasteiger partial charge in [0.1, 0.15) is 0 Å². The third-order valence-corrected chi connectivity index (χ3v) is 3.19. The van der Waals surface area contributed by atoms with Crippen LogP contribution in [0.5, 0.6) is 5.75 Å². The molecule has 92 valence electrons. The van der Waals surface area contributed by atoms with Crippen molar-refractivity contribution in [3.8, 4) is 5.75 Å². The molecule has 2 rings (SSSR count). The van der Waals surface area contributed by atoms with Gasteiger partial charge in [-0.25, -0.2) is 13.6 Å². The van der Waals surface area contributed by atoms with E-state index < -0.39 is 14.9 Å². The van der Waals surface area contributed by atoms with Gasteiger partial charge in [0.05, 0.1) is 15.9 Å². The van der Waals surface area contributed by atoms with Crippen LogP contribution in [0.4, 0.5) is 5.69 Å². The zero-order chi connectivity index (χ0) is 12.6. The number of nitrogens with zero attached hydrogens (tertiary/aromatic N) is 1. The molecule has 1 aromatic rings. The summed E-state index contributed by atoms with van der Waals surface area (Å²) in [5.41, 5.74) is -0.260. The second kappa shape index (κ2) is 3.97. The Balaban J connectivity index is 2.45. The van der Waals surface area contributed by atoms with Crippen molar-refractivity contribution < 1.29 is 18.1 Å². The Morgan fingerprint density at radius 1 is 1.41 bits per heavy atom. The standard InChI is InChI=1S/C9H10N2O5S/c10-17(14,15)7-3-4-8(11(12)13)9(5-7)16-6-1-2-6/h3-6H,1-2H2,(H2,10,14,15). The molecule has 0 radical (unpaired) electrons. The average molecular weight is 258 g/mol. The van der Waals surface area contributed by atoms with Gasteiger partial charge in [-0.15, -0.1) is 0 Å². The Morgan fingerprint density at radius 3 is 2.53 bits per heavy atom. The second-order valence-electron chi connectivity index (χ2n) is 3.75. The van der Waals surface area contributed by atoms with Crippen LogP contribution in [0.1, 0.15) is 12.8 Å². The fraction of sp³-hybridized carbons (Fsp3) is 0.333. The van der Waals surface area contributed by atoms with Gasteiger partial charge in [-0.1, -0.05) is 0 Å². The van der Waals surface area contributed by atoms with E-state index in [9.17, 15) is 18.5 Å². The van der Waals surface area contributed by atoms with Crippen LogP contribution in [0, 0.1) is 10.1 Å². The quantitative estimate of drug-likeness (QED) is 0.633. The molecule has 17 heavy (non-hydrogen) atoms. The summed E-state index contributed by atoms with van der Waals surface area (Å²) in [6, 6.07) is 3.26. The fourth-order valence-electron chi connectivity index (χ4n) is 1.28. The molecule has 8 heteroatoms. The molecule has 1 saturated carbocycles. The van der Waals surface area contributed by atoms with Crippen molar-refractivity contribution in [3.63, 3.8) is 0 Å². The lowest BCUT2D eigenvalue weighted by Crippen LogP contribution is -2.12. The lowest BCUT2D eigenvalue weighted by molar-refractivity contribution is -0.386. The van der Waals surface area contributed by atoms with E-state index >= 15 is 0 Å². The number of hydrogen-bond acceptors (Lipinski definition) is 5. The molecule has 0 bridgehead atoms. The Labute approximate surface area is 97.4 Å². The molecule has 0 unspecified atom stereocenters. The van der Waals surface area contributed by atoms with Crippen LogP contribution in [-0.4, -0.2) is 19.4 Å². The molecule has 0 aliphatic heterocycles. The molecular weight excluding hydrogens is 248 g/mol. The molecule has 0 amide bonds. The summed E-state index contributed by atoms with van der Waals surface area (Å²) >= 11 is 0. The minimum absolute atomic E-state index is 0.0518. The monoisotopic (exact) mass is 258 g/mol. The molecular formula is C9H10N2O5S. The first-order valence-corrected chi connectivity index (χ1v) is 6.40. The van der Waals surface area contributed by atoms with Crippen molar-refractivity contribution in [2.24, 2.45) is 5.14 Å². The summed E-state index contributed by atoms with van der Waals surface area (Å²) in [4.78, 5) is 9.91. The summed E-state index contributed by atoms with van der Waals surface area (Å²) in [6.07, 6.45) is 1.57. The molecule has 7 nitrogen and oxygen atoms in total. The second-order valence-corrected chi connectivity index (χ2v) is 5.31. The van der Waals surface area contributed by atoms with Crippen LogP contribution in [0.15, 0.2) is 23.1 Å². The SMILES string of the molecule is NS(=O)(=O)c1ccc([N+](=O)[O-])c(OC2CC2)c1. The molecule has 0 saturated heterocycles. The number of hydrogen-bond donors (Lipinski definition) is 1. The maximum Gasteiger partial charge on any atom is 0.311 e. The number of nitro groups is 1. The number of sulfonamides is 1. The highest BCUT2D eigenvalue weighted by molar-refractivity contribution is 7.89. The van der Waals surface area contributed by atoms with E-state index in [4.69, 9.17) is 9.88 Å². The van der Waals surface area contributed by atoms with Crippen molar-refractivity contribution in [2.45, 2.75) is 23.8 Å². The normalized spacial score (nSPS) is 15.6. The van der Waals surface area contributed by atoms with E-state index in [0.29, 0.717) is 0 Å². The van der Waals surface area contributed by atoms with Crippen molar-refractivity contribution in [1.29, 1.82) is 0 Å². The molecule has 2 N–H and O–H groups in total. The first kappa shape index (κ1) is 11.8. The van der Waals surface area contributed by atoms with E-state index in [1.807, 2.05) is 0 Å². The molecule has 0 spiro atoms. The van der Waals surface area contributed by atoms with Crippen LogP contribution in [0.2, 0.25) is 0 Å². The van der Waals surface area contributed by atoms with Gasteiger partial charge in [0.15, 0.2) is 5.75 Å². The first-order valence-electron chi connectivity index (χ1n) is 4.86. The molecule has 1 aliphatic carbocycles. The number of benzene rings is 1. The van der Waals surface area contributed by atoms with Crippen LogP contribution >= 0.6 is 0 Å². The van der Waals surface area contributed by atoms with Crippen LogP contribution < -0.4 is 9.88 Å². The fourth-order valence-corrected chi connectivity index (χ4v) is 1.81. The van der Waals surface area contributed by atoms with Crippen molar-refractivity contribution in [3.05, 3.63) is 28.3 Å². The van der Waals surface area contributed by atoms with Gasteiger partial charge < -0.3 is 4.74 Å². The minimum atomic E-state index is -3.89. The van der Waals surface area contributed by atoms with Gasteiger partial charge in [-0.05, 0) is 18.9 Å². The third-order valence-electron chi connectivity index (χ3n) is 2.27. The lowest BCUT2D eigenvalue weighted by Gasteiger charge is -2.06. The molecule has 0 aromatic heterocycles. The molecule has 0 atom stereocenters. The summed E-state index contributed by atoms with van der Waals surface area (Å²) < 4.78 is 27.5. The number of nitro benzene ring substituents is 1. The van der Waals surface area contributed by atoms with Crippen LogP contribution in [0.25, 0.3) is 0 Å². The largest absolute Gasteiger partial charge is 0.483 e. The number of ether oxygens (including phenoxy) is 1. The summed E-state index contributed by atoms with van der Waals surface area (Å²) in [6.45, 7) is 0. The van der Waals surface area contributed by atoms with Crippen LogP contribution in [-0.2, 0) is 10.0 Å². The summed E-state index contributed by atoms with van der Waals surface area (Å²) in [7, 11) is -3.89.